The number of hydrogen-bond acceptors (Lipinski definition) is 4. The first-order valence-corrected chi connectivity index (χ1v) is 6.84. The van der Waals surface area contributed by atoms with Crippen LogP contribution in [0.25, 0.3) is 0 Å². The number of carbonyl (C=O) groups is 1. The third-order valence-corrected chi connectivity index (χ3v) is 3.26. The molecule has 2 N–H and O–H groups in total. The van der Waals surface area contributed by atoms with E-state index in [1.165, 1.54) is 12.8 Å². The van der Waals surface area contributed by atoms with E-state index in [4.69, 9.17) is 0 Å². The second-order valence-electron chi connectivity index (χ2n) is 5.00. The van der Waals surface area contributed by atoms with Crippen LogP contribution in [0.4, 0.5) is 11.5 Å². The molecule has 0 saturated carbocycles. The predicted molar refractivity (Wildman–Crippen MR) is 75.2 cm³/mol. The first-order chi connectivity index (χ1) is 9.16. The highest BCUT2D eigenvalue weighted by molar-refractivity contribution is 5.93. The molecule has 1 unspecified atom stereocenters. The van der Waals surface area contributed by atoms with Crippen LogP contribution in [0, 0.1) is 0 Å². The average molecular weight is 263 g/mol. The highest BCUT2D eigenvalue weighted by atomic mass is 16.3. The number of anilines is 2. The number of aliphatic hydroxyl groups excluding tert-OH is 1. The van der Waals surface area contributed by atoms with Gasteiger partial charge in [-0.1, -0.05) is 0 Å². The van der Waals surface area contributed by atoms with Crippen molar-refractivity contribution < 1.29 is 9.90 Å². The van der Waals surface area contributed by atoms with Crippen molar-refractivity contribution in [3.63, 3.8) is 0 Å². The maximum atomic E-state index is 11.8. The Morgan fingerprint density at radius 1 is 1.53 bits per heavy atom. The van der Waals surface area contributed by atoms with Crippen molar-refractivity contribution in [1.82, 2.24) is 4.98 Å². The second-order valence-corrected chi connectivity index (χ2v) is 5.00. The number of carbonyl (C=O) groups excluding carboxylic acids is 1. The minimum absolute atomic E-state index is 0.0747. The fourth-order valence-corrected chi connectivity index (χ4v) is 2.23. The summed E-state index contributed by atoms with van der Waals surface area (Å²) in [5, 5.41) is 12.1. The molecule has 5 nitrogen and oxygen atoms in total. The van der Waals surface area contributed by atoms with Gasteiger partial charge in [0, 0.05) is 25.7 Å². The lowest BCUT2D eigenvalue weighted by Crippen LogP contribution is -2.22. The summed E-state index contributed by atoms with van der Waals surface area (Å²) in [5.74, 6) is 0.778. The lowest BCUT2D eigenvalue weighted by Gasteiger charge is -2.20. The van der Waals surface area contributed by atoms with Crippen LogP contribution in [0.1, 0.15) is 32.6 Å². The summed E-state index contributed by atoms with van der Waals surface area (Å²) in [6, 6.07) is 3.70. The Morgan fingerprint density at radius 2 is 2.26 bits per heavy atom. The van der Waals surface area contributed by atoms with E-state index < -0.39 is 6.10 Å². The summed E-state index contributed by atoms with van der Waals surface area (Å²) in [6.07, 6.45) is 4.45. The van der Waals surface area contributed by atoms with E-state index in [-0.39, 0.29) is 5.91 Å². The first-order valence-electron chi connectivity index (χ1n) is 6.84. The Labute approximate surface area is 113 Å². The number of pyridine rings is 1. The SMILES string of the molecule is CC(O)CCC(=O)Nc1cccnc1N1CCCC1. The number of hydrogen-bond donors (Lipinski definition) is 2. The molecule has 1 aromatic rings. The summed E-state index contributed by atoms with van der Waals surface area (Å²) < 4.78 is 0. The molecule has 1 fully saturated rings. The second kappa shape index (κ2) is 6.52. The molecule has 1 aliphatic rings. The number of nitrogens with zero attached hydrogens (tertiary/aromatic N) is 2. The molecule has 1 amide bonds. The molecular weight excluding hydrogens is 242 g/mol. The molecule has 104 valence electrons. The molecule has 0 aromatic carbocycles. The van der Waals surface area contributed by atoms with E-state index in [2.05, 4.69) is 15.2 Å². The standard InChI is InChI=1S/C14H21N3O2/c1-11(18)6-7-13(19)16-12-5-4-8-15-14(12)17-9-2-3-10-17/h4-5,8,11,18H,2-3,6-7,9-10H2,1H3,(H,16,19). The number of aromatic nitrogens is 1. The molecule has 1 saturated heterocycles. The molecule has 0 radical (unpaired) electrons. The number of amides is 1. The fraction of sp³-hybridized carbons (Fsp3) is 0.571. The van der Waals surface area contributed by atoms with Gasteiger partial charge >= 0.3 is 0 Å². The van der Waals surface area contributed by atoms with Crippen LogP contribution in [0.3, 0.4) is 0 Å². The molecule has 2 heterocycles. The quantitative estimate of drug-likeness (QED) is 0.850. The Morgan fingerprint density at radius 3 is 2.95 bits per heavy atom. The molecule has 5 heteroatoms. The summed E-state index contributed by atoms with van der Waals surface area (Å²) in [6.45, 7) is 3.67. The number of rotatable bonds is 5. The molecule has 1 aliphatic heterocycles. The van der Waals surface area contributed by atoms with Crippen molar-refractivity contribution in [2.45, 2.75) is 38.7 Å². The highest BCUT2D eigenvalue weighted by Crippen LogP contribution is 2.26. The van der Waals surface area contributed by atoms with Crippen molar-refractivity contribution in [1.29, 1.82) is 0 Å². The molecule has 0 aliphatic carbocycles. The zero-order valence-corrected chi connectivity index (χ0v) is 11.3. The van der Waals surface area contributed by atoms with E-state index in [1.807, 2.05) is 12.1 Å². The van der Waals surface area contributed by atoms with Crippen molar-refractivity contribution in [2.75, 3.05) is 23.3 Å². The maximum absolute atomic E-state index is 11.8. The zero-order chi connectivity index (χ0) is 13.7. The van der Waals surface area contributed by atoms with E-state index >= 15 is 0 Å². The van der Waals surface area contributed by atoms with Gasteiger partial charge in [-0.15, -0.1) is 0 Å². The van der Waals surface area contributed by atoms with Crippen LogP contribution in [0.5, 0.6) is 0 Å². The molecule has 0 spiro atoms. The zero-order valence-electron chi connectivity index (χ0n) is 11.3. The summed E-state index contributed by atoms with van der Waals surface area (Å²) in [4.78, 5) is 18.4. The monoisotopic (exact) mass is 263 g/mol. The largest absolute Gasteiger partial charge is 0.393 e. The van der Waals surface area contributed by atoms with Crippen LogP contribution in [0.15, 0.2) is 18.3 Å². The van der Waals surface area contributed by atoms with Crippen LogP contribution in [-0.2, 0) is 4.79 Å². The van der Waals surface area contributed by atoms with Gasteiger partial charge in [-0.25, -0.2) is 4.98 Å². The number of aliphatic hydroxyl groups is 1. The summed E-state index contributed by atoms with van der Waals surface area (Å²) in [5.41, 5.74) is 0.764. The lowest BCUT2D eigenvalue weighted by molar-refractivity contribution is -0.116. The van der Waals surface area contributed by atoms with Gasteiger partial charge in [0.05, 0.1) is 11.8 Å². The van der Waals surface area contributed by atoms with Crippen molar-refractivity contribution in [3.8, 4) is 0 Å². The lowest BCUT2D eigenvalue weighted by atomic mass is 10.2. The van der Waals surface area contributed by atoms with Crippen LogP contribution < -0.4 is 10.2 Å². The van der Waals surface area contributed by atoms with E-state index in [1.54, 1.807) is 13.1 Å². The Kier molecular flexibility index (Phi) is 4.74. The predicted octanol–water partition coefficient (Wildman–Crippen LogP) is 1.78. The molecule has 2 rings (SSSR count). The smallest absolute Gasteiger partial charge is 0.224 e. The van der Waals surface area contributed by atoms with Crippen LogP contribution >= 0.6 is 0 Å². The minimum Gasteiger partial charge on any atom is -0.393 e. The third-order valence-electron chi connectivity index (χ3n) is 3.26. The Hall–Kier alpha value is -1.62. The third kappa shape index (κ3) is 3.92. The highest BCUT2D eigenvalue weighted by Gasteiger charge is 2.17. The topological polar surface area (TPSA) is 65.5 Å². The van der Waals surface area contributed by atoms with Crippen LogP contribution in [-0.4, -0.2) is 35.2 Å². The van der Waals surface area contributed by atoms with Gasteiger partial charge in [0.25, 0.3) is 0 Å². The van der Waals surface area contributed by atoms with Gasteiger partial charge in [-0.3, -0.25) is 4.79 Å². The summed E-state index contributed by atoms with van der Waals surface area (Å²) in [7, 11) is 0. The van der Waals surface area contributed by atoms with Crippen LogP contribution in [0.2, 0.25) is 0 Å². The van der Waals surface area contributed by atoms with Crippen molar-refractivity contribution in [3.05, 3.63) is 18.3 Å². The first kappa shape index (κ1) is 13.8. The Bertz CT molecular complexity index is 428. The maximum Gasteiger partial charge on any atom is 0.224 e. The Balaban J connectivity index is 2.01. The van der Waals surface area contributed by atoms with Gasteiger partial charge < -0.3 is 15.3 Å². The van der Waals surface area contributed by atoms with Crippen molar-refractivity contribution >= 4 is 17.4 Å². The van der Waals surface area contributed by atoms with E-state index in [9.17, 15) is 9.90 Å². The minimum atomic E-state index is -0.447. The fourth-order valence-electron chi connectivity index (χ4n) is 2.23. The molecule has 1 aromatic heterocycles. The van der Waals surface area contributed by atoms with E-state index in [0.29, 0.717) is 12.8 Å². The van der Waals surface area contributed by atoms with Gasteiger partial charge in [0.1, 0.15) is 0 Å². The summed E-state index contributed by atoms with van der Waals surface area (Å²) >= 11 is 0. The number of nitrogens with one attached hydrogen (secondary N) is 1. The van der Waals surface area contributed by atoms with Crippen molar-refractivity contribution in [2.24, 2.45) is 0 Å². The average Bonchev–Trinajstić information content (AvgIpc) is 2.91. The molecule has 19 heavy (non-hydrogen) atoms. The molecular formula is C14H21N3O2. The van der Waals surface area contributed by atoms with Gasteiger partial charge in [-0.2, -0.15) is 0 Å². The van der Waals surface area contributed by atoms with Gasteiger partial charge in [-0.05, 0) is 38.3 Å². The normalized spacial score (nSPS) is 16.4. The van der Waals surface area contributed by atoms with Gasteiger partial charge in [0.15, 0.2) is 5.82 Å². The van der Waals surface area contributed by atoms with Gasteiger partial charge in [0.2, 0.25) is 5.91 Å². The molecule has 0 bridgehead atoms. The molecule has 1 atom stereocenters. The van der Waals surface area contributed by atoms with E-state index in [0.717, 1.165) is 24.6 Å².